The van der Waals surface area contributed by atoms with Gasteiger partial charge in [0.05, 0.1) is 19.8 Å². The highest BCUT2D eigenvalue weighted by Crippen LogP contribution is 2.36. The molecule has 0 radical (unpaired) electrons. The lowest BCUT2D eigenvalue weighted by molar-refractivity contribution is -0.163. The van der Waals surface area contributed by atoms with Gasteiger partial charge in [-0.1, -0.05) is 49.4 Å². The van der Waals surface area contributed by atoms with Crippen molar-refractivity contribution < 1.29 is 27.4 Å². The number of alkyl halides is 3. The Labute approximate surface area is 180 Å². The van der Waals surface area contributed by atoms with Gasteiger partial charge in [-0.3, -0.25) is 0 Å². The van der Waals surface area contributed by atoms with Gasteiger partial charge in [0, 0.05) is 0 Å². The molecular weight excluding hydrogens is 405 g/mol. The average Bonchev–Trinajstić information content (AvgIpc) is 2.76. The fourth-order valence-electron chi connectivity index (χ4n) is 3.01. The van der Waals surface area contributed by atoms with Crippen LogP contribution in [0, 0.1) is 0 Å². The second-order valence-electron chi connectivity index (χ2n) is 7.09. The van der Waals surface area contributed by atoms with Crippen LogP contribution in [0.5, 0.6) is 17.2 Å². The highest BCUT2D eigenvalue weighted by Gasteiger charge is 2.40. The van der Waals surface area contributed by atoms with Crippen molar-refractivity contribution in [3.63, 3.8) is 0 Å². The maximum Gasteiger partial charge on any atom is 0.397 e. The molecule has 31 heavy (non-hydrogen) atoms. The van der Waals surface area contributed by atoms with Gasteiger partial charge in [0.1, 0.15) is 23.2 Å². The molecule has 0 amide bonds. The molecule has 3 nitrogen and oxygen atoms in total. The highest BCUT2D eigenvalue weighted by atomic mass is 19.4. The smallest absolute Gasteiger partial charge is 0.397 e. The Morgan fingerprint density at radius 3 is 2.19 bits per heavy atom. The van der Waals surface area contributed by atoms with Gasteiger partial charge in [-0.05, 0) is 53.9 Å². The van der Waals surface area contributed by atoms with Crippen LogP contribution in [0.3, 0.4) is 0 Å². The number of rotatable bonds is 10. The van der Waals surface area contributed by atoms with E-state index in [1.165, 1.54) is 12.1 Å². The molecule has 0 spiro atoms. The van der Waals surface area contributed by atoms with E-state index in [0.29, 0.717) is 23.9 Å². The van der Waals surface area contributed by atoms with Crippen LogP contribution in [0.4, 0.5) is 13.2 Å². The zero-order chi connectivity index (χ0) is 22.1. The second-order valence-corrected chi connectivity index (χ2v) is 7.09. The summed E-state index contributed by atoms with van der Waals surface area (Å²) in [7, 11) is 0. The Hall–Kier alpha value is -2.99. The van der Waals surface area contributed by atoms with Gasteiger partial charge in [-0.15, -0.1) is 0 Å². The highest BCUT2D eigenvalue weighted by molar-refractivity contribution is 5.34. The monoisotopic (exact) mass is 430 g/mol. The molecule has 0 heterocycles. The number of hydrogen-bond acceptors (Lipinski definition) is 3. The van der Waals surface area contributed by atoms with Gasteiger partial charge in [0.25, 0.3) is 0 Å². The summed E-state index contributed by atoms with van der Waals surface area (Å²) in [5.41, 5.74) is 0.884. The zero-order valence-electron chi connectivity index (χ0n) is 17.3. The fourth-order valence-corrected chi connectivity index (χ4v) is 3.01. The third-order valence-corrected chi connectivity index (χ3v) is 4.58. The van der Waals surface area contributed by atoms with E-state index in [4.69, 9.17) is 14.2 Å². The summed E-state index contributed by atoms with van der Waals surface area (Å²) in [5.74, 6) is 0.130. The molecule has 0 saturated carbocycles. The Kier molecular flexibility index (Phi) is 7.95. The molecular formula is C25H25F3O3. The third-order valence-electron chi connectivity index (χ3n) is 4.58. The van der Waals surface area contributed by atoms with Crippen molar-refractivity contribution in [2.45, 2.75) is 32.0 Å². The number of ether oxygens (including phenoxy) is 3. The molecule has 0 aromatic heterocycles. The largest absolute Gasteiger partial charge is 0.494 e. The summed E-state index contributed by atoms with van der Waals surface area (Å²) in [4.78, 5) is 0. The first-order chi connectivity index (χ1) is 15.0. The topological polar surface area (TPSA) is 27.7 Å². The van der Waals surface area contributed by atoms with E-state index in [9.17, 15) is 13.2 Å². The SMILES string of the molecule is CCCOc1ccc(C(COCc2cccc(Oc3ccccc3)c2)C(F)(F)F)cc1. The van der Waals surface area contributed by atoms with Gasteiger partial charge in [-0.25, -0.2) is 0 Å². The quantitative estimate of drug-likeness (QED) is 0.342. The van der Waals surface area contributed by atoms with Gasteiger partial charge in [0.2, 0.25) is 0 Å². The molecule has 0 aliphatic carbocycles. The molecule has 1 unspecified atom stereocenters. The molecule has 0 fully saturated rings. The predicted octanol–water partition coefficient (Wildman–Crippen LogP) is 7.13. The summed E-state index contributed by atoms with van der Waals surface area (Å²) in [6, 6.07) is 22.4. The van der Waals surface area contributed by atoms with Crippen LogP contribution in [0.2, 0.25) is 0 Å². The predicted molar refractivity (Wildman–Crippen MR) is 114 cm³/mol. The van der Waals surface area contributed by atoms with Crippen LogP contribution in [0.25, 0.3) is 0 Å². The van der Waals surface area contributed by atoms with Crippen molar-refractivity contribution in [2.24, 2.45) is 0 Å². The molecule has 0 bridgehead atoms. The first-order valence-corrected chi connectivity index (χ1v) is 10.1. The van der Waals surface area contributed by atoms with Crippen molar-refractivity contribution in [3.8, 4) is 17.2 Å². The van der Waals surface area contributed by atoms with Crippen molar-refractivity contribution in [3.05, 3.63) is 90.0 Å². The van der Waals surface area contributed by atoms with Crippen molar-refractivity contribution in [1.82, 2.24) is 0 Å². The van der Waals surface area contributed by atoms with Crippen LogP contribution < -0.4 is 9.47 Å². The van der Waals surface area contributed by atoms with E-state index in [0.717, 1.165) is 12.0 Å². The minimum Gasteiger partial charge on any atom is -0.494 e. The van der Waals surface area contributed by atoms with E-state index in [-0.39, 0.29) is 12.2 Å². The maximum atomic E-state index is 13.6. The first-order valence-electron chi connectivity index (χ1n) is 10.1. The van der Waals surface area contributed by atoms with Gasteiger partial charge in [0.15, 0.2) is 0 Å². The molecule has 6 heteroatoms. The fraction of sp³-hybridized carbons (Fsp3) is 0.280. The van der Waals surface area contributed by atoms with E-state index in [2.05, 4.69) is 0 Å². The van der Waals surface area contributed by atoms with Crippen LogP contribution in [0.15, 0.2) is 78.9 Å². The van der Waals surface area contributed by atoms with Crippen LogP contribution in [-0.4, -0.2) is 19.4 Å². The Morgan fingerprint density at radius 1 is 0.806 bits per heavy atom. The Bertz CT molecular complexity index is 925. The van der Waals surface area contributed by atoms with Gasteiger partial charge >= 0.3 is 6.18 Å². The second kappa shape index (κ2) is 10.9. The Morgan fingerprint density at radius 2 is 1.52 bits per heavy atom. The molecule has 0 saturated heterocycles. The van der Waals surface area contributed by atoms with Crippen molar-refractivity contribution in [1.29, 1.82) is 0 Å². The third kappa shape index (κ3) is 7.03. The summed E-state index contributed by atoms with van der Waals surface area (Å²) >= 11 is 0. The lowest BCUT2D eigenvalue weighted by atomic mass is 9.99. The van der Waals surface area contributed by atoms with Crippen LogP contribution >= 0.6 is 0 Å². The molecule has 3 aromatic rings. The molecule has 164 valence electrons. The molecule has 3 rings (SSSR count). The number of benzene rings is 3. The lowest BCUT2D eigenvalue weighted by Crippen LogP contribution is -2.25. The summed E-state index contributed by atoms with van der Waals surface area (Å²) in [6.45, 7) is 2.08. The molecule has 3 aromatic carbocycles. The molecule has 0 aliphatic heterocycles. The van der Waals surface area contributed by atoms with E-state index in [1.807, 2.05) is 37.3 Å². The number of halogens is 3. The van der Waals surface area contributed by atoms with Gasteiger partial charge in [-0.2, -0.15) is 13.2 Å². The molecule has 1 atom stereocenters. The van der Waals surface area contributed by atoms with Crippen molar-refractivity contribution >= 4 is 0 Å². The average molecular weight is 430 g/mol. The minimum atomic E-state index is -4.41. The first kappa shape index (κ1) is 22.7. The molecule has 0 N–H and O–H groups in total. The number of hydrogen-bond donors (Lipinski definition) is 0. The lowest BCUT2D eigenvalue weighted by Gasteiger charge is -2.21. The van der Waals surface area contributed by atoms with E-state index < -0.39 is 18.7 Å². The van der Waals surface area contributed by atoms with E-state index >= 15 is 0 Å². The van der Waals surface area contributed by atoms with Crippen LogP contribution in [-0.2, 0) is 11.3 Å². The summed E-state index contributed by atoms with van der Waals surface area (Å²) in [6.07, 6.45) is -3.58. The molecule has 0 aliphatic rings. The van der Waals surface area contributed by atoms with Crippen molar-refractivity contribution in [2.75, 3.05) is 13.2 Å². The zero-order valence-corrected chi connectivity index (χ0v) is 17.3. The standard InChI is InChI=1S/C25H25F3O3/c1-2-15-30-21-13-11-20(12-14-21)24(25(26,27)28)18-29-17-19-7-6-10-23(16-19)31-22-8-4-3-5-9-22/h3-14,16,24H,2,15,17-18H2,1H3. The number of para-hydroxylation sites is 1. The summed E-state index contributed by atoms with van der Waals surface area (Å²) in [5, 5.41) is 0. The van der Waals surface area contributed by atoms with Crippen LogP contribution in [0.1, 0.15) is 30.4 Å². The van der Waals surface area contributed by atoms with Gasteiger partial charge < -0.3 is 14.2 Å². The maximum absolute atomic E-state index is 13.6. The summed E-state index contributed by atoms with van der Waals surface area (Å²) < 4.78 is 57.5. The normalized spacial score (nSPS) is 12.4. The minimum absolute atomic E-state index is 0.0518. The van der Waals surface area contributed by atoms with E-state index in [1.54, 1.807) is 36.4 Å². The Balaban J connectivity index is 1.60.